The highest BCUT2D eigenvalue weighted by Crippen LogP contribution is 2.40. The predicted octanol–water partition coefficient (Wildman–Crippen LogP) is 2.38. The Kier molecular flexibility index (Phi) is 3.71. The van der Waals surface area contributed by atoms with E-state index >= 15 is 0 Å². The zero-order chi connectivity index (χ0) is 16.8. The Bertz CT molecular complexity index is 653. The zero-order valence-electron chi connectivity index (χ0n) is 14.0. The SMILES string of the molecule is CC(C)(C)N1CCC2(CC1)CC(=O)c1cc(C(N)=O)ccc1O2. The fourth-order valence-electron chi connectivity index (χ4n) is 3.51. The molecule has 1 saturated heterocycles. The van der Waals surface area contributed by atoms with E-state index in [2.05, 4.69) is 25.7 Å². The Morgan fingerprint density at radius 1 is 1.26 bits per heavy atom. The van der Waals surface area contributed by atoms with E-state index in [0.29, 0.717) is 23.3 Å². The first-order valence-electron chi connectivity index (χ1n) is 8.11. The topological polar surface area (TPSA) is 72.6 Å². The van der Waals surface area contributed by atoms with E-state index in [4.69, 9.17) is 10.5 Å². The second-order valence-corrected chi connectivity index (χ2v) is 7.62. The minimum absolute atomic E-state index is 0.0403. The van der Waals surface area contributed by atoms with E-state index in [-0.39, 0.29) is 11.3 Å². The van der Waals surface area contributed by atoms with E-state index in [1.165, 1.54) is 0 Å². The number of piperidine rings is 1. The van der Waals surface area contributed by atoms with Crippen molar-refractivity contribution in [2.45, 2.75) is 51.2 Å². The molecule has 0 bridgehead atoms. The summed E-state index contributed by atoms with van der Waals surface area (Å²) < 4.78 is 6.23. The van der Waals surface area contributed by atoms with Crippen molar-refractivity contribution in [3.8, 4) is 5.75 Å². The fourth-order valence-corrected chi connectivity index (χ4v) is 3.51. The van der Waals surface area contributed by atoms with Gasteiger partial charge < -0.3 is 10.5 Å². The number of nitrogens with two attached hydrogens (primary N) is 1. The number of ether oxygens (including phenoxy) is 1. The average molecular weight is 316 g/mol. The number of likely N-dealkylation sites (tertiary alicyclic amines) is 1. The molecule has 5 heteroatoms. The quantitative estimate of drug-likeness (QED) is 0.863. The highest BCUT2D eigenvalue weighted by atomic mass is 16.5. The Balaban J connectivity index is 1.82. The largest absolute Gasteiger partial charge is 0.486 e. The van der Waals surface area contributed by atoms with Gasteiger partial charge in [0.25, 0.3) is 0 Å². The van der Waals surface area contributed by atoms with Gasteiger partial charge in [-0.1, -0.05) is 0 Å². The molecule has 1 fully saturated rings. The Labute approximate surface area is 136 Å². The summed E-state index contributed by atoms with van der Waals surface area (Å²) in [7, 11) is 0. The maximum absolute atomic E-state index is 12.6. The molecule has 0 unspecified atom stereocenters. The van der Waals surface area contributed by atoms with Crippen LogP contribution in [0.15, 0.2) is 18.2 Å². The number of benzene rings is 1. The smallest absolute Gasteiger partial charge is 0.248 e. The van der Waals surface area contributed by atoms with Crippen LogP contribution in [0.4, 0.5) is 0 Å². The first kappa shape index (κ1) is 16.0. The average Bonchev–Trinajstić information content (AvgIpc) is 2.46. The number of carbonyl (C=O) groups excluding carboxylic acids is 2. The second-order valence-electron chi connectivity index (χ2n) is 7.62. The molecule has 1 aromatic rings. The molecule has 124 valence electrons. The summed E-state index contributed by atoms with van der Waals surface area (Å²) in [6.45, 7) is 8.46. The normalized spacial score (nSPS) is 20.9. The minimum atomic E-state index is -0.528. The maximum Gasteiger partial charge on any atom is 0.248 e. The third-order valence-electron chi connectivity index (χ3n) is 5.00. The highest BCUT2D eigenvalue weighted by Gasteiger charge is 2.44. The number of carbonyl (C=O) groups is 2. The standard InChI is InChI=1S/C18H24N2O3/c1-17(2,3)20-8-6-18(7-9-20)11-14(21)13-10-12(16(19)22)4-5-15(13)23-18/h4-5,10H,6-9,11H2,1-3H3,(H2,19,22). The molecule has 0 atom stereocenters. The van der Waals surface area contributed by atoms with Crippen molar-refractivity contribution >= 4 is 11.7 Å². The van der Waals surface area contributed by atoms with Gasteiger partial charge in [-0.3, -0.25) is 14.5 Å². The van der Waals surface area contributed by atoms with Gasteiger partial charge in [0.2, 0.25) is 5.91 Å². The minimum Gasteiger partial charge on any atom is -0.486 e. The summed E-state index contributed by atoms with van der Waals surface area (Å²) in [5.74, 6) is 0.0911. The molecule has 2 N–H and O–H groups in total. The Hall–Kier alpha value is -1.88. The second kappa shape index (κ2) is 5.34. The molecule has 2 aliphatic heterocycles. The van der Waals surface area contributed by atoms with Crippen molar-refractivity contribution in [1.29, 1.82) is 0 Å². The van der Waals surface area contributed by atoms with Crippen molar-refractivity contribution in [3.63, 3.8) is 0 Å². The molecule has 0 aliphatic carbocycles. The first-order chi connectivity index (χ1) is 10.7. The van der Waals surface area contributed by atoms with Crippen LogP contribution in [0.2, 0.25) is 0 Å². The van der Waals surface area contributed by atoms with E-state index in [1.54, 1.807) is 18.2 Å². The number of hydrogen-bond acceptors (Lipinski definition) is 4. The van der Waals surface area contributed by atoms with Gasteiger partial charge in [-0.25, -0.2) is 0 Å². The number of primary amides is 1. The van der Waals surface area contributed by atoms with Crippen LogP contribution < -0.4 is 10.5 Å². The van der Waals surface area contributed by atoms with E-state index in [0.717, 1.165) is 25.9 Å². The molecule has 1 spiro atoms. The number of fused-ring (bicyclic) bond motifs is 1. The lowest BCUT2D eigenvalue weighted by atomic mass is 9.81. The maximum atomic E-state index is 12.6. The molecule has 0 aromatic heterocycles. The van der Waals surface area contributed by atoms with Crippen molar-refractivity contribution in [2.75, 3.05) is 13.1 Å². The van der Waals surface area contributed by atoms with E-state index in [9.17, 15) is 9.59 Å². The molecule has 2 aliphatic rings. The van der Waals surface area contributed by atoms with Gasteiger partial charge in [0.05, 0.1) is 12.0 Å². The summed E-state index contributed by atoms with van der Waals surface area (Å²) in [6.07, 6.45) is 2.06. The molecule has 5 nitrogen and oxygen atoms in total. The van der Waals surface area contributed by atoms with Crippen LogP contribution >= 0.6 is 0 Å². The van der Waals surface area contributed by atoms with Crippen molar-refractivity contribution in [3.05, 3.63) is 29.3 Å². The Morgan fingerprint density at radius 2 is 1.91 bits per heavy atom. The lowest BCUT2D eigenvalue weighted by molar-refractivity contribution is -0.0295. The van der Waals surface area contributed by atoms with Crippen LogP contribution in [0.5, 0.6) is 5.75 Å². The summed E-state index contributed by atoms with van der Waals surface area (Å²) in [5, 5.41) is 0. The van der Waals surface area contributed by atoms with Gasteiger partial charge in [0.15, 0.2) is 5.78 Å². The molecule has 0 saturated carbocycles. The molecule has 2 heterocycles. The van der Waals surface area contributed by atoms with Crippen molar-refractivity contribution in [2.24, 2.45) is 5.73 Å². The number of hydrogen-bond donors (Lipinski definition) is 1. The number of rotatable bonds is 1. The lowest BCUT2D eigenvalue weighted by Crippen LogP contribution is -2.55. The molecule has 1 amide bonds. The first-order valence-corrected chi connectivity index (χ1v) is 8.11. The van der Waals surface area contributed by atoms with E-state index < -0.39 is 11.5 Å². The van der Waals surface area contributed by atoms with Crippen LogP contribution in [-0.2, 0) is 0 Å². The highest BCUT2D eigenvalue weighted by molar-refractivity contribution is 6.03. The van der Waals surface area contributed by atoms with Crippen LogP contribution in [0, 0.1) is 0 Å². The third kappa shape index (κ3) is 2.98. The van der Waals surface area contributed by atoms with Gasteiger partial charge in [0.1, 0.15) is 11.4 Å². The molecule has 0 radical (unpaired) electrons. The summed E-state index contributed by atoms with van der Waals surface area (Å²) in [6, 6.07) is 4.87. The lowest BCUT2D eigenvalue weighted by Gasteiger charge is -2.47. The van der Waals surface area contributed by atoms with Crippen LogP contribution in [-0.4, -0.2) is 40.8 Å². The summed E-state index contributed by atoms with van der Waals surface area (Å²) >= 11 is 0. The molecule has 1 aromatic carbocycles. The van der Waals surface area contributed by atoms with Crippen LogP contribution in [0.3, 0.4) is 0 Å². The van der Waals surface area contributed by atoms with Crippen molar-refractivity contribution in [1.82, 2.24) is 4.90 Å². The number of amides is 1. The molecule has 3 rings (SSSR count). The number of ketones is 1. The summed E-state index contributed by atoms with van der Waals surface area (Å²) in [5.41, 5.74) is 5.84. The Morgan fingerprint density at radius 3 is 2.48 bits per heavy atom. The molecular formula is C18H24N2O3. The van der Waals surface area contributed by atoms with Gasteiger partial charge in [0, 0.05) is 37.0 Å². The molecule has 23 heavy (non-hydrogen) atoms. The monoisotopic (exact) mass is 316 g/mol. The van der Waals surface area contributed by atoms with Crippen molar-refractivity contribution < 1.29 is 14.3 Å². The van der Waals surface area contributed by atoms with Crippen LogP contribution in [0.25, 0.3) is 0 Å². The van der Waals surface area contributed by atoms with Crippen LogP contribution in [0.1, 0.15) is 60.7 Å². The predicted molar refractivity (Wildman–Crippen MR) is 87.8 cm³/mol. The number of nitrogens with zero attached hydrogens (tertiary/aromatic N) is 1. The zero-order valence-corrected chi connectivity index (χ0v) is 14.0. The van der Waals surface area contributed by atoms with Gasteiger partial charge in [-0.2, -0.15) is 0 Å². The van der Waals surface area contributed by atoms with Gasteiger partial charge in [-0.05, 0) is 39.0 Å². The van der Waals surface area contributed by atoms with Gasteiger partial charge in [-0.15, -0.1) is 0 Å². The summed E-state index contributed by atoms with van der Waals surface area (Å²) in [4.78, 5) is 26.3. The van der Waals surface area contributed by atoms with Gasteiger partial charge >= 0.3 is 0 Å². The third-order valence-corrected chi connectivity index (χ3v) is 5.00. The molecular weight excluding hydrogens is 292 g/mol. The van der Waals surface area contributed by atoms with E-state index in [1.807, 2.05) is 0 Å². The fraction of sp³-hybridized carbons (Fsp3) is 0.556. The number of Topliss-reactive ketones (excluding diaryl/α,β-unsaturated/α-hetero) is 1.